The minimum atomic E-state index is -0.321. The fourth-order valence-electron chi connectivity index (χ4n) is 2.08. The number of nitro benzene ring substituents is 1. The lowest BCUT2D eigenvalue weighted by Crippen LogP contribution is -1.91. The van der Waals surface area contributed by atoms with Crippen LogP contribution in [0.3, 0.4) is 0 Å². The highest BCUT2D eigenvalue weighted by atomic mass is 16.6. The van der Waals surface area contributed by atoms with Crippen LogP contribution in [0.15, 0.2) is 48.5 Å². The van der Waals surface area contributed by atoms with Crippen molar-refractivity contribution in [2.75, 3.05) is 0 Å². The van der Waals surface area contributed by atoms with Crippen LogP contribution in [0.5, 0.6) is 0 Å². The fourth-order valence-corrected chi connectivity index (χ4v) is 2.08. The third kappa shape index (κ3) is 1.44. The Balaban J connectivity index is 2.61. The normalized spacial score (nSPS) is 10.8. The maximum atomic E-state index is 11.2. The minimum absolute atomic E-state index is 0.162. The molecule has 1 radical (unpaired) electrons. The van der Waals surface area contributed by atoms with Crippen molar-refractivity contribution in [2.45, 2.75) is 0 Å². The third-order valence-electron chi connectivity index (χ3n) is 2.82. The van der Waals surface area contributed by atoms with E-state index in [4.69, 9.17) is 0 Å². The Morgan fingerprint density at radius 1 is 0.882 bits per heavy atom. The van der Waals surface area contributed by atoms with E-state index >= 15 is 0 Å². The lowest BCUT2D eigenvalue weighted by atomic mass is 10.0. The second-order valence-electron chi connectivity index (χ2n) is 3.82. The highest BCUT2D eigenvalue weighted by molar-refractivity contribution is 6.07. The summed E-state index contributed by atoms with van der Waals surface area (Å²) in [6.07, 6.45) is 0. The number of fused-ring (bicyclic) bond motifs is 2. The van der Waals surface area contributed by atoms with Gasteiger partial charge in [0, 0.05) is 0 Å². The maximum Gasteiger partial charge on any atom is 0.284 e. The molecule has 0 fully saturated rings. The van der Waals surface area contributed by atoms with Crippen LogP contribution < -0.4 is 0 Å². The molecule has 0 amide bonds. The Bertz CT molecular complexity index is 680. The van der Waals surface area contributed by atoms with Crippen LogP contribution in [-0.4, -0.2) is 4.92 Å². The molecule has 0 aromatic heterocycles. The van der Waals surface area contributed by atoms with Crippen molar-refractivity contribution in [2.24, 2.45) is 0 Å². The number of nitrogens with zero attached hydrogens (tertiary/aromatic N) is 1. The minimum Gasteiger partial charge on any atom is -0.258 e. The van der Waals surface area contributed by atoms with Crippen LogP contribution in [0.4, 0.5) is 5.69 Å². The van der Waals surface area contributed by atoms with Gasteiger partial charge in [0.05, 0.1) is 15.7 Å². The number of nitro groups is 1. The summed E-state index contributed by atoms with van der Waals surface area (Å²) in [6, 6.07) is 17.7. The van der Waals surface area contributed by atoms with Gasteiger partial charge < -0.3 is 0 Å². The molecule has 0 aliphatic heterocycles. The van der Waals surface area contributed by atoms with E-state index < -0.39 is 0 Å². The lowest BCUT2D eigenvalue weighted by Gasteiger charge is -2.03. The Labute approximate surface area is 97.4 Å². The molecule has 0 bridgehead atoms. The van der Waals surface area contributed by atoms with Crippen molar-refractivity contribution >= 4 is 27.2 Å². The zero-order valence-electron chi connectivity index (χ0n) is 8.88. The van der Waals surface area contributed by atoms with Crippen LogP contribution in [0.2, 0.25) is 0 Å². The molecule has 3 nitrogen and oxygen atoms in total. The molecule has 0 unspecified atom stereocenters. The van der Waals surface area contributed by atoms with Crippen molar-refractivity contribution in [3.8, 4) is 0 Å². The van der Waals surface area contributed by atoms with E-state index in [1.165, 1.54) is 0 Å². The summed E-state index contributed by atoms with van der Waals surface area (Å²) >= 11 is 0. The van der Waals surface area contributed by atoms with Gasteiger partial charge in [-0.1, -0.05) is 36.4 Å². The standard InChI is InChI=1S/C14H8NO2/c16-15(17)14-12-7-3-1-5-10(12)9-11-6-2-4-8-13(11)14/h1-8H. The van der Waals surface area contributed by atoms with Crippen LogP contribution in [0, 0.1) is 16.2 Å². The molecule has 17 heavy (non-hydrogen) atoms. The molecule has 0 aliphatic carbocycles. The van der Waals surface area contributed by atoms with E-state index in [9.17, 15) is 10.1 Å². The Kier molecular flexibility index (Phi) is 2.05. The zero-order valence-corrected chi connectivity index (χ0v) is 8.88. The monoisotopic (exact) mass is 222 g/mol. The number of rotatable bonds is 1. The summed E-state index contributed by atoms with van der Waals surface area (Å²) in [7, 11) is 0. The summed E-state index contributed by atoms with van der Waals surface area (Å²) in [5, 5.41) is 14.0. The van der Waals surface area contributed by atoms with E-state index in [0.29, 0.717) is 10.8 Å². The number of benzene rings is 3. The van der Waals surface area contributed by atoms with Crippen LogP contribution in [0.25, 0.3) is 21.5 Å². The molecule has 0 spiro atoms. The second kappa shape index (κ2) is 3.56. The van der Waals surface area contributed by atoms with Crippen molar-refractivity contribution in [1.29, 1.82) is 0 Å². The van der Waals surface area contributed by atoms with Crippen LogP contribution in [-0.2, 0) is 0 Å². The van der Waals surface area contributed by atoms with E-state index in [2.05, 4.69) is 6.07 Å². The van der Waals surface area contributed by atoms with Crippen molar-refractivity contribution in [3.05, 3.63) is 64.7 Å². The summed E-state index contributed by atoms with van der Waals surface area (Å²) in [5.41, 5.74) is 0.162. The van der Waals surface area contributed by atoms with Gasteiger partial charge >= 0.3 is 0 Å². The van der Waals surface area contributed by atoms with Gasteiger partial charge in [0.15, 0.2) is 0 Å². The highest BCUT2D eigenvalue weighted by Crippen LogP contribution is 2.33. The number of hydrogen-bond acceptors (Lipinski definition) is 2. The SMILES string of the molecule is O=[N+]([O-])c1c2ccccc2[c]c2ccccc12. The third-order valence-corrected chi connectivity index (χ3v) is 2.82. The summed E-state index contributed by atoms with van der Waals surface area (Å²) in [4.78, 5) is 10.9. The Morgan fingerprint density at radius 2 is 1.35 bits per heavy atom. The predicted molar refractivity (Wildman–Crippen MR) is 66.9 cm³/mol. The van der Waals surface area contributed by atoms with Gasteiger partial charge in [0.2, 0.25) is 0 Å². The molecule has 81 valence electrons. The first-order valence-corrected chi connectivity index (χ1v) is 5.24. The van der Waals surface area contributed by atoms with E-state index in [0.717, 1.165) is 10.8 Å². The molecule has 0 aliphatic rings. The smallest absolute Gasteiger partial charge is 0.258 e. The topological polar surface area (TPSA) is 43.1 Å². The average Bonchev–Trinajstić information content (AvgIpc) is 2.35. The molecule has 0 atom stereocenters. The van der Waals surface area contributed by atoms with Crippen molar-refractivity contribution in [1.82, 2.24) is 0 Å². The van der Waals surface area contributed by atoms with Gasteiger partial charge in [0.1, 0.15) is 0 Å². The second-order valence-corrected chi connectivity index (χ2v) is 3.82. The predicted octanol–water partition coefficient (Wildman–Crippen LogP) is 3.70. The van der Waals surface area contributed by atoms with Gasteiger partial charge in [-0.3, -0.25) is 10.1 Å². The Hall–Kier alpha value is -2.42. The quantitative estimate of drug-likeness (QED) is 0.358. The fraction of sp³-hybridized carbons (Fsp3) is 0. The van der Waals surface area contributed by atoms with E-state index in [1.54, 1.807) is 24.3 Å². The number of non-ortho nitro benzene ring substituents is 1. The van der Waals surface area contributed by atoms with Gasteiger partial charge in [-0.25, -0.2) is 0 Å². The van der Waals surface area contributed by atoms with Gasteiger partial charge in [-0.15, -0.1) is 0 Å². The zero-order chi connectivity index (χ0) is 11.8. The average molecular weight is 222 g/mol. The molecule has 3 heteroatoms. The van der Waals surface area contributed by atoms with Gasteiger partial charge in [-0.05, 0) is 29.0 Å². The molecule has 3 aromatic carbocycles. The first-order chi connectivity index (χ1) is 8.27. The highest BCUT2D eigenvalue weighted by Gasteiger charge is 2.16. The summed E-state index contributed by atoms with van der Waals surface area (Å²) in [6.45, 7) is 0. The first-order valence-electron chi connectivity index (χ1n) is 5.24. The summed E-state index contributed by atoms with van der Waals surface area (Å²) in [5.74, 6) is 0. The van der Waals surface area contributed by atoms with Gasteiger partial charge in [-0.2, -0.15) is 0 Å². The molecule has 0 saturated carbocycles. The lowest BCUT2D eigenvalue weighted by molar-refractivity contribution is -0.381. The molecule has 0 saturated heterocycles. The molecular formula is C14H8NO2. The van der Waals surface area contributed by atoms with Crippen molar-refractivity contribution < 1.29 is 4.92 Å². The molecule has 0 N–H and O–H groups in total. The van der Waals surface area contributed by atoms with Crippen molar-refractivity contribution in [3.63, 3.8) is 0 Å². The largest absolute Gasteiger partial charge is 0.284 e. The first kappa shape index (κ1) is 9.78. The number of hydrogen-bond donors (Lipinski definition) is 0. The molecular weight excluding hydrogens is 214 g/mol. The summed E-state index contributed by atoms with van der Waals surface area (Å²) < 4.78 is 0. The molecule has 0 heterocycles. The van der Waals surface area contributed by atoms with Crippen LogP contribution >= 0.6 is 0 Å². The van der Waals surface area contributed by atoms with E-state index in [1.807, 2.05) is 24.3 Å². The van der Waals surface area contributed by atoms with E-state index in [-0.39, 0.29) is 10.6 Å². The maximum absolute atomic E-state index is 11.2. The van der Waals surface area contributed by atoms with Gasteiger partial charge in [0.25, 0.3) is 5.69 Å². The molecule has 3 aromatic rings. The Morgan fingerprint density at radius 3 is 1.82 bits per heavy atom. The molecule has 3 rings (SSSR count). The van der Waals surface area contributed by atoms with Crippen LogP contribution in [0.1, 0.15) is 0 Å².